The second-order valence-corrected chi connectivity index (χ2v) is 3.99. The number of halogens is 2. The lowest BCUT2D eigenvalue weighted by atomic mass is 10.2. The van der Waals surface area contributed by atoms with E-state index in [1.54, 1.807) is 24.3 Å². The second-order valence-electron chi connectivity index (χ2n) is 3.99. The molecule has 0 bridgehead atoms. The van der Waals surface area contributed by atoms with Gasteiger partial charge in [-0.05, 0) is 24.3 Å². The van der Waals surface area contributed by atoms with Crippen LogP contribution in [0.2, 0.25) is 0 Å². The van der Waals surface area contributed by atoms with Crippen LogP contribution in [0, 0.1) is 11.6 Å². The number of carbonyl (C=O) groups is 1. The van der Waals surface area contributed by atoms with Gasteiger partial charge in [0.25, 0.3) is 0 Å². The zero-order valence-corrected chi connectivity index (χ0v) is 10.6. The van der Waals surface area contributed by atoms with Gasteiger partial charge in [-0.25, -0.2) is 8.78 Å². The third kappa shape index (κ3) is 3.47. The number of carbonyl (C=O) groups excluding carboxylic acids is 1. The largest absolute Gasteiger partial charge is 0.424 e. The highest BCUT2D eigenvalue weighted by atomic mass is 19.1. The maximum Gasteiger partial charge on any atom is 0.308 e. The highest BCUT2D eigenvalue weighted by Gasteiger charge is 2.05. The van der Waals surface area contributed by atoms with Crippen molar-refractivity contribution in [2.45, 2.75) is 6.92 Å². The molecule has 102 valence electrons. The van der Waals surface area contributed by atoms with Crippen molar-refractivity contribution in [1.82, 2.24) is 0 Å². The van der Waals surface area contributed by atoms with E-state index in [2.05, 4.69) is 4.99 Å². The molecular weight excluding hydrogens is 264 g/mol. The van der Waals surface area contributed by atoms with Crippen LogP contribution in [0.25, 0.3) is 0 Å². The Bertz CT molecular complexity index is 669. The normalized spacial score (nSPS) is 10.8. The average Bonchev–Trinajstić information content (AvgIpc) is 2.39. The first kappa shape index (κ1) is 13.9. The van der Waals surface area contributed by atoms with Gasteiger partial charge in [0.15, 0.2) is 5.75 Å². The Kier molecular flexibility index (Phi) is 4.20. The van der Waals surface area contributed by atoms with Crippen LogP contribution in [0.4, 0.5) is 14.5 Å². The van der Waals surface area contributed by atoms with E-state index in [0.717, 1.165) is 12.1 Å². The SMILES string of the molecule is CC(=O)Oc1ccccc1N=Cc1ccc(F)cc1F. The first-order chi connectivity index (χ1) is 9.56. The molecule has 0 aromatic heterocycles. The predicted octanol–water partition coefficient (Wildman–Crippen LogP) is 3.64. The standard InChI is InChI=1S/C15H11F2NO2/c1-10(19)20-15-5-3-2-4-14(15)18-9-11-6-7-12(16)8-13(11)17/h2-9H,1H3. The lowest BCUT2D eigenvalue weighted by Gasteiger charge is -2.04. The van der Waals surface area contributed by atoms with E-state index in [4.69, 9.17) is 4.74 Å². The molecule has 0 saturated heterocycles. The van der Waals surface area contributed by atoms with E-state index < -0.39 is 17.6 Å². The number of esters is 1. The minimum Gasteiger partial charge on any atom is -0.424 e. The summed E-state index contributed by atoms with van der Waals surface area (Å²) in [6.45, 7) is 1.28. The Morgan fingerprint density at radius 1 is 1.20 bits per heavy atom. The lowest BCUT2D eigenvalue weighted by Crippen LogP contribution is -2.01. The lowest BCUT2D eigenvalue weighted by molar-refractivity contribution is -0.131. The van der Waals surface area contributed by atoms with Gasteiger partial charge in [-0.3, -0.25) is 9.79 Å². The van der Waals surface area contributed by atoms with Gasteiger partial charge in [0.05, 0.1) is 0 Å². The zero-order valence-electron chi connectivity index (χ0n) is 10.6. The van der Waals surface area contributed by atoms with Crippen molar-refractivity contribution in [3.63, 3.8) is 0 Å². The molecule has 0 amide bonds. The summed E-state index contributed by atoms with van der Waals surface area (Å²) in [6, 6.07) is 9.80. The summed E-state index contributed by atoms with van der Waals surface area (Å²) < 4.78 is 31.2. The molecule has 2 aromatic carbocycles. The average molecular weight is 275 g/mol. The van der Waals surface area contributed by atoms with E-state index in [0.29, 0.717) is 5.69 Å². The van der Waals surface area contributed by atoms with Crippen molar-refractivity contribution in [3.8, 4) is 5.75 Å². The van der Waals surface area contributed by atoms with E-state index in [9.17, 15) is 13.6 Å². The number of rotatable bonds is 3. The molecule has 3 nitrogen and oxygen atoms in total. The van der Waals surface area contributed by atoms with Crippen molar-refractivity contribution in [1.29, 1.82) is 0 Å². The summed E-state index contributed by atoms with van der Waals surface area (Å²) in [6.07, 6.45) is 1.25. The van der Waals surface area contributed by atoms with Crippen LogP contribution in [-0.4, -0.2) is 12.2 Å². The molecule has 0 aliphatic carbocycles. The van der Waals surface area contributed by atoms with Gasteiger partial charge in [-0.2, -0.15) is 0 Å². The summed E-state index contributed by atoms with van der Waals surface area (Å²) in [4.78, 5) is 15.0. The number of hydrogen-bond acceptors (Lipinski definition) is 3. The molecular formula is C15H11F2NO2. The zero-order chi connectivity index (χ0) is 14.5. The molecule has 0 N–H and O–H groups in total. The first-order valence-corrected chi connectivity index (χ1v) is 5.83. The molecule has 0 saturated carbocycles. The van der Waals surface area contributed by atoms with Gasteiger partial charge in [0, 0.05) is 24.8 Å². The van der Waals surface area contributed by atoms with Crippen molar-refractivity contribution >= 4 is 17.9 Å². The van der Waals surface area contributed by atoms with Crippen LogP contribution in [0.15, 0.2) is 47.5 Å². The number of hydrogen-bond donors (Lipinski definition) is 0. The fourth-order valence-electron chi connectivity index (χ4n) is 1.55. The van der Waals surface area contributed by atoms with Crippen LogP contribution in [0.5, 0.6) is 5.75 Å². The van der Waals surface area contributed by atoms with Gasteiger partial charge in [-0.1, -0.05) is 12.1 Å². The molecule has 0 spiro atoms. The number of ether oxygens (including phenoxy) is 1. The van der Waals surface area contributed by atoms with Crippen LogP contribution < -0.4 is 4.74 Å². The fourth-order valence-corrected chi connectivity index (χ4v) is 1.55. The predicted molar refractivity (Wildman–Crippen MR) is 71.4 cm³/mol. The minimum atomic E-state index is -0.710. The molecule has 2 aromatic rings. The van der Waals surface area contributed by atoms with E-state index in [1.807, 2.05) is 0 Å². The van der Waals surface area contributed by atoms with E-state index in [-0.39, 0.29) is 11.3 Å². The van der Waals surface area contributed by atoms with Crippen LogP contribution in [0.3, 0.4) is 0 Å². The maximum absolute atomic E-state index is 13.4. The Hall–Kier alpha value is -2.56. The third-order valence-corrected chi connectivity index (χ3v) is 2.42. The van der Waals surface area contributed by atoms with Crippen molar-refractivity contribution in [2.75, 3.05) is 0 Å². The van der Waals surface area contributed by atoms with Crippen molar-refractivity contribution < 1.29 is 18.3 Å². The van der Waals surface area contributed by atoms with Gasteiger partial charge in [-0.15, -0.1) is 0 Å². The van der Waals surface area contributed by atoms with Gasteiger partial charge in [0.1, 0.15) is 17.3 Å². The molecule has 0 heterocycles. The van der Waals surface area contributed by atoms with Crippen LogP contribution in [-0.2, 0) is 4.79 Å². The van der Waals surface area contributed by atoms with Crippen molar-refractivity contribution in [2.24, 2.45) is 4.99 Å². The molecule has 20 heavy (non-hydrogen) atoms. The summed E-state index contributed by atoms with van der Waals surface area (Å²) in [5, 5.41) is 0. The summed E-state index contributed by atoms with van der Waals surface area (Å²) >= 11 is 0. The number of nitrogens with zero attached hydrogens (tertiary/aromatic N) is 1. The maximum atomic E-state index is 13.4. The van der Waals surface area contributed by atoms with Crippen LogP contribution in [0.1, 0.15) is 12.5 Å². The third-order valence-electron chi connectivity index (χ3n) is 2.42. The topological polar surface area (TPSA) is 38.7 Å². The minimum absolute atomic E-state index is 0.143. The number of benzene rings is 2. The molecule has 5 heteroatoms. The summed E-state index contributed by atoms with van der Waals surface area (Å²) in [5.74, 6) is -1.56. The Morgan fingerprint density at radius 3 is 2.65 bits per heavy atom. The monoisotopic (exact) mass is 275 g/mol. The second kappa shape index (κ2) is 6.06. The quantitative estimate of drug-likeness (QED) is 0.487. The van der Waals surface area contributed by atoms with Crippen LogP contribution >= 0.6 is 0 Å². The van der Waals surface area contributed by atoms with E-state index in [1.165, 1.54) is 19.2 Å². The highest BCUT2D eigenvalue weighted by Crippen LogP contribution is 2.27. The summed E-state index contributed by atoms with van der Waals surface area (Å²) in [5.41, 5.74) is 0.524. The van der Waals surface area contributed by atoms with Gasteiger partial charge >= 0.3 is 5.97 Å². The number of para-hydroxylation sites is 2. The Labute approximate surface area is 114 Å². The molecule has 2 rings (SSSR count). The smallest absolute Gasteiger partial charge is 0.308 e. The molecule has 0 aliphatic rings. The molecule has 0 radical (unpaired) electrons. The number of aliphatic imine (C=N–C) groups is 1. The first-order valence-electron chi connectivity index (χ1n) is 5.83. The molecule has 0 aliphatic heterocycles. The molecule has 0 unspecified atom stereocenters. The van der Waals surface area contributed by atoms with Crippen molar-refractivity contribution in [3.05, 3.63) is 59.7 Å². The Morgan fingerprint density at radius 2 is 1.95 bits per heavy atom. The fraction of sp³-hybridized carbons (Fsp3) is 0.0667. The molecule has 0 fully saturated rings. The van der Waals surface area contributed by atoms with Gasteiger partial charge < -0.3 is 4.74 Å². The Balaban J connectivity index is 2.29. The summed E-state index contributed by atoms with van der Waals surface area (Å²) in [7, 11) is 0. The molecule has 0 atom stereocenters. The highest BCUT2D eigenvalue weighted by molar-refractivity contribution is 5.83. The van der Waals surface area contributed by atoms with E-state index >= 15 is 0 Å². The van der Waals surface area contributed by atoms with Gasteiger partial charge in [0.2, 0.25) is 0 Å².